The van der Waals surface area contributed by atoms with Gasteiger partial charge in [-0.15, -0.1) is 11.3 Å². The quantitative estimate of drug-likeness (QED) is 0.569. The molecule has 2 aliphatic rings. The van der Waals surface area contributed by atoms with E-state index in [0.29, 0.717) is 29.7 Å². The molecule has 1 aromatic rings. The van der Waals surface area contributed by atoms with Crippen molar-refractivity contribution in [2.45, 2.75) is 46.5 Å². The predicted molar refractivity (Wildman–Crippen MR) is 102 cm³/mol. The monoisotopic (exact) mass is 360 g/mol. The number of likely N-dealkylation sites (tertiary alicyclic amines) is 1. The second-order valence-corrected chi connectivity index (χ2v) is 8.47. The zero-order chi connectivity index (χ0) is 18.0. The van der Waals surface area contributed by atoms with Crippen molar-refractivity contribution >= 4 is 28.7 Å². The Kier molecular flexibility index (Phi) is 5.62. The SMILES string of the molecule is CCCCCN1C(=O)C(c2cccs2)=C(N2CC(C)CC(C)C2)C1=O. The molecule has 2 amide bonds. The van der Waals surface area contributed by atoms with Crippen LogP contribution in [0.4, 0.5) is 0 Å². The maximum Gasteiger partial charge on any atom is 0.277 e. The molecule has 2 atom stereocenters. The van der Waals surface area contributed by atoms with Crippen molar-refractivity contribution in [1.29, 1.82) is 0 Å². The van der Waals surface area contributed by atoms with Gasteiger partial charge in [0.05, 0.1) is 5.57 Å². The van der Waals surface area contributed by atoms with E-state index in [1.807, 2.05) is 17.5 Å². The first-order valence-corrected chi connectivity index (χ1v) is 10.3. The Balaban J connectivity index is 1.94. The van der Waals surface area contributed by atoms with E-state index >= 15 is 0 Å². The van der Waals surface area contributed by atoms with E-state index in [4.69, 9.17) is 0 Å². The number of hydrogen-bond donors (Lipinski definition) is 0. The van der Waals surface area contributed by atoms with Gasteiger partial charge in [-0.25, -0.2) is 0 Å². The summed E-state index contributed by atoms with van der Waals surface area (Å²) in [7, 11) is 0. The highest BCUT2D eigenvalue weighted by Crippen LogP contribution is 2.36. The van der Waals surface area contributed by atoms with E-state index in [9.17, 15) is 9.59 Å². The number of carbonyl (C=O) groups excluding carboxylic acids is 2. The highest BCUT2D eigenvalue weighted by molar-refractivity contribution is 7.11. The molecular formula is C20H28N2O2S. The Morgan fingerprint density at radius 2 is 1.84 bits per heavy atom. The Labute approximate surface area is 154 Å². The fraction of sp³-hybridized carbons (Fsp3) is 0.600. The summed E-state index contributed by atoms with van der Waals surface area (Å²) in [6.07, 6.45) is 4.18. The van der Waals surface area contributed by atoms with Crippen molar-refractivity contribution in [3.05, 3.63) is 28.1 Å². The van der Waals surface area contributed by atoms with Crippen LogP contribution in [-0.4, -0.2) is 41.2 Å². The van der Waals surface area contributed by atoms with Crippen molar-refractivity contribution in [2.24, 2.45) is 11.8 Å². The number of amides is 2. The predicted octanol–water partition coefficient (Wildman–Crippen LogP) is 4.00. The summed E-state index contributed by atoms with van der Waals surface area (Å²) in [4.78, 5) is 30.8. The highest BCUT2D eigenvalue weighted by atomic mass is 32.1. The third kappa shape index (κ3) is 3.66. The van der Waals surface area contributed by atoms with Gasteiger partial charge in [-0.1, -0.05) is 39.7 Å². The number of imide groups is 1. The van der Waals surface area contributed by atoms with Gasteiger partial charge in [0.1, 0.15) is 5.70 Å². The molecule has 0 aromatic carbocycles. The van der Waals surface area contributed by atoms with Crippen LogP contribution in [0.25, 0.3) is 5.57 Å². The molecule has 0 aliphatic carbocycles. The summed E-state index contributed by atoms with van der Waals surface area (Å²) in [5.74, 6) is 0.881. The van der Waals surface area contributed by atoms with Gasteiger partial charge in [0.15, 0.2) is 0 Å². The van der Waals surface area contributed by atoms with Crippen molar-refractivity contribution in [1.82, 2.24) is 9.80 Å². The van der Waals surface area contributed by atoms with E-state index in [-0.39, 0.29) is 11.8 Å². The van der Waals surface area contributed by atoms with Gasteiger partial charge in [-0.3, -0.25) is 14.5 Å². The Hall–Kier alpha value is -1.62. The van der Waals surface area contributed by atoms with Gasteiger partial charge in [-0.2, -0.15) is 0 Å². The molecule has 1 fully saturated rings. The minimum Gasteiger partial charge on any atom is -0.366 e. The second kappa shape index (κ2) is 7.73. The summed E-state index contributed by atoms with van der Waals surface area (Å²) in [6, 6.07) is 3.90. The standard InChI is InChI=1S/C20H28N2O2S/c1-4-5-6-9-22-19(23)17(16-8-7-10-25-16)18(20(22)24)21-12-14(2)11-15(3)13-21/h7-8,10,14-15H,4-6,9,11-13H2,1-3H3. The van der Waals surface area contributed by atoms with Crippen molar-refractivity contribution in [3.63, 3.8) is 0 Å². The Bertz CT molecular complexity index is 655. The molecule has 0 bridgehead atoms. The molecule has 0 saturated carbocycles. The third-order valence-corrected chi connectivity index (χ3v) is 5.97. The topological polar surface area (TPSA) is 40.6 Å². The average Bonchev–Trinajstić information content (AvgIpc) is 3.15. The summed E-state index contributed by atoms with van der Waals surface area (Å²) in [5, 5.41) is 1.97. The van der Waals surface area contributed by atoms with Crippen molar-refractivity contribution in [2.75, 3.05) is 19.6 Å². The molecule has 3 heterocycles. The van der Waals surface area contributed by atoms with Gasteiger partial charge in [0, 0.05) is 24.5 Å². The minimum absolute atomic E-state index is 0.0918. The zero-order valence-electron chi connectivity index (χ0n) is 15.5. The van der Waals surface area contributed by atoms with Crippen LogP contribution in [0.2, 0.25) is 0 Å². The first-order chi connectivity index (χ1) is 12.0. The van der Waals surface area contributed by atoms with Crippen LogP contribution < -0.4 is 0 Å². The van der Waals surface area contributed by atoms with Crippen LogP contribution in [-0.2, 0) is 9.59 Å². The number of carbonyl (C=O) groups is 2. The van der Waals surface area contributed by atoms with E-state index in [0.717, 1.165) is 37.2 Å². The molecular weight excluding hydrogens is 332 g/mol. The smallest absolute Gasteiger partial charge is 0.277 e. The molecule has 25 heavy (non-hydrogen) atoms. The molecule has 4 nitrogen and oxygen atoms in total. The molecule has 1 saturated heterocycles. The van der Waals surface area contributed by atoms with Crippen molar-refractivity contribution < 1.29 is 9.59 Å². The molecule has 2 aliphatic heterocycles. The number of thiophene rings is 1. The summed E-state index contributed by atoms with van der Waals surface area (Å²) in [6.45, 7) is 8.84. The lowest BCUT2D eigenvalue weighted by molar-refractivity contribution is -0.137. The molecule has 0 radical (unpaired) electrons. The third-order valence-electron chi connectivity index (χ3n) is 5.08. The first-order valence-electron chi connectivity index (χ1n) is 9.42. The van der Waals surface area contributed by atoms with Gasteiger partial charge >= 0.3 is 0 Å². The maximum atomic E-state index is 13.1. The Morgan fingerprint density at radius 3 is 2.44 bits per heavy atom. The van der Waals surface area contributed by atoms with E-state index in [1.165, 1.54) is 11.3 Å². The molecule has 5 heteroatoms. The minimum atomic E-state index is -0.107. The lowest BCUT2D eigenvalue weighted by Crippen LogP contribution is -2.42. The summed E-state index contributed by atoms with van der Waals surface area (Å²) in [5.41, 5.74) is 1.26. The highest BCUT2D eigenvalue weighted by Gasteiger charge is 2.42. The maximum absolute atomic E-state index is 13.1. The molecule has 0 spiro atoms. The second-order valence-electron chi connectivity index (χ2n) is 7.52. The summed E-state index contributed by atoms with van der Waals surface area (Å²) < 4.78 is 0. The van der Waals surface area contributed by atoms with Gasteiger partial charge in [0.25, 0.3) is 11.8 Å². The molecule has 0 N–H and O–H groups in total. The zero-order valence-corrected chi connectivity index (χ0v) is 16.3. The lowest BCUT2D eigenvalue weighted by Gasteiger charge is -2.37. The van der Waals surface area contributed by atoms with Gasteiger partial charge in [-0.05, 0) is 36.1 Å². The van der Waals surface area contributed by atoms with Crippen LogP contribution >= 0.6 is 11.3 Å². The van der Waals surface area contributed by atoms with Crippen LogP contribution in [0.3, 0.4) is 0 Å². The number of rotatable bonds is 6. The number of hydrogen-bond acceptors (Lipinski definition) is 4. The van der Waals surface area contributed by atoms with E-state index in [1.54, 1.807) is 11.3 Å². The van der Waals surface area contributed by atoms with E-state index < -0.39 is 0 Å². The first kappa shape index (κ1) is 18.2. The van der Waals surface area contributed by atoms with Crippen molar-refractivity contribution in [3.8, 4) is 0 Å². The van der Waals surface area contributed by atoms with E-state index in [2.05, 4.69) is 25.7 Å². The molecule has 3 rings (SSSR count). The number of nitrogens with zero attached hydrogens (tertiary/aromatic N) is 2. The molecule has 2 unspecified atom stereocenters. The average molecular weight is 361 g/mol. The largest absolute Gasteiger partial charge is 0.366 e. The van der Waals surface area contributed by atoms with Crippen LogP contribution in [0.1, 0.15) is 51.3 Å². The lowest BCUT2D eigenvalue weighted by atomic mass is 9.91. The normalized spacial score (nSPS) is 24.6. The van der Waals surface area contributed by atoms with Gasteiger partial charge < -0.3 is 4.90 Å². The van der Waals surface area contributed by atoms with Crippen LogP contribution in [0.15, 0.2) is 23.2 Å². The van der Waals surface area contributed by atoms with Crippen LogP contribution in [0, 0.1) is 11.8 Å². The molecule has 1 aromatic heterocycles. The Morgan fingerprint density at radius 1 is 1.12 bits per heavy atom. The fourth-order valence-corrected chi connectivity index (χ4v) is 4.83. The number of piperidine rings is 1. The molecule has 136 valence electrons. The van der Waals surface area contributed by atoms with Crippen LogP contribution in [0.5, 0.6) is 0 Å². The van der Waals surface area contributed by atoms with Gasteiger partial charge in [0.2, 0.25) is 0 Å². The summed E-state index contributed by atoms with van der Waals surface area (Å²) >= 11 is 1.54. The fourth-order valence-electron chi connectivity index (χ4n) is 4.07. The number of unbranched alkanes of at least 4 members (excludes halogenated alkanes) is 2.